The zero-order valence-electron chi connectivity index (χ0n) is 20.9. The van der Waals surface area contributed by atoms with Crippen molar-refractivity contribution in [2.45, 2.75) is 64.7 Å². The number of hydrogen-bond acceptors (Lipinski definition) is 7. The van der Waals surface area contributed by atoms with Gasteiger partial charge in [0, 0.05) is 35.9 Å². The molecule has 3 rings (SSSR count). The predicted molar refractivity (Wildman–Crippen MR) is 134 cm³/mol. The Morgan fingerprint density at radius 1 is 1.20 bits per heavy atom. The molecule has 0 spiro atoms. The number of benzene rings is 1. The molecule has 1 fully saturated rings. The number of nitrogens with two attached hydrogens (primary N) is 1. The van der Waals surface area contributed by atoms with Gasteiger partial charge in [0.05, 0.1) is 5.71 Å². The molecule has 1 aromatic carbocycles. The van der Waals surface area contributed by atoms with Gasteiger partial charge in [-0.15, -0.1) is 0 Å². The summed E-state index contributed by atoms with van der Waals surface area (Å²) in [6.45, 7) is 9.90. The highest BCUT2D eigenvalue weighted by Gasteiger charge is 2.53. The van der Waals surface area contributed by atoms with E-state index in [1.807, 2.05) is 6.21 Å². The van der Waals surface area contributed by atoms with Gasteiger partial charge in [-0.05, 0) is 53.7 Å². The van der Waals surface area contributed by atoms with Crippen molar-refractivity contribution in [1.29, 1.82) is 0 Å². The molecule has 9 nitrogen and oxygen atoms in total. The maximum absolute atomic E-state index is 9.77. The Bertz CT molecular complexity index is 987. The zero-order chi connectivity index (χ0) is 26.2. The molecule has 5 N–H and O–H groups in total. The molecule has 0 amide bonds. The number of aliphatic carboxylic acids is 2. The Labute approximate surface area is 206 Å². The molecule has 0 aromatic heterocycles. The second-order valence-electron chi connectivity index (χ2n) is 9.91. The van der Waals surface area contributed by atoms with E-state index in [9.17, 15) is 14.8 Å². The van der Waals surface area contributed by atoms with E-state index in [4.69, 9.17) is 20.8 Å². The molecule has 35 heavy (non-hydrogen) atoms. The Morgan fingerprint density at radius 3 is 2.40 bits per heavy atom. The maximum atomic E-state index is 9.77. The van der Waals surface area contributed by atoms with Crippen LogP contribution in [0.3, 0.4) is 0 Å². The summed E-state index contributed by atoms with van der Waals surface area (Å²) >= 11 is 0. The van der Waals surface area contributed by atoms with Gasteiger partial charge in [0.25, 0.3) is 0 Å². The van der Waals surface area contributed by atoms with Gasteiger partial charge >= 0.3 is 11.9 Å². The van der Waals surface area contributed by atoms with Crippen LogP contribution in [0.5, 0.6) is 0 Å². The molecule has 0 heterocycles. The number of carboxylic acids is 2. The molecular weight excluding hydrogens is 450 g/mol. The molecule has 0 aliphatic heterocycles. The van der Waals surface area contributed by atoms with Crippen LogP contribution in [0.4, 0.5) is 0 Å². The van der Waals surface area contributed by atoms with Crippen molar-refractivity contribution in [2.24, 2.45) is 27.4 Å². The Morgan fingerprint density at radius 2 is 1.86 bits per heavy atom. The molecule has 0 bridgehead atoms. The van der Waals surface area contributed by atoms with Gasteiger partial charge < -0.3 is 26.0 Å². The van der Waals surface area contributed by atoms with E-state index < -0.39 is 11.9 Å². The second-order valence-corrected chi connectivity index (χ2v) is 9.91. The molecule has 3 atom stereocenters. The second kappa shape index (κ2) is 12.0. The van der Waals surface area contributed by atoms with E-state index in [1.165, 1.54) is 11.1 Å². The van der Waals surface area contributed by atoms with E-state index in [2.05, 4.69) is 56.2 Å². The molecular formula is C26H37N3O6. The topological polar surface area (TPSA) is 155 Å². The van der Waals surface area contributed by atoms with Crippen molar-refractivity contribution in [2.75, 3.05) is 13.2 Å². The Balaban J connectivity index is 0.000000466. The fourth-order valence-electron chi connectivity index (χ4n) is 5.31. The lowest BCUT2D eigenvalue weighted by Gasteiger charge is -2.54. The summed E-state index contributed by atoms with van der Waals surface area (Å²) in [5.41, 5.74) is 9.91. The fourth-order valence-corrected chi connectivity index (χ4v) is 5.31. The van der Waals surface area contributed by atoms with Crippen LogP contribution in [0.1, 0.15) is 76.0 Å². The summed E-state index contributed by atoms with van der Waals surface area (Å²) in [6, 6.07) is 6.72. The van der Waals surface area contributed by atoms with Gasteiger partial charge in [-0.2, -0.15) is 0 Å². The fraction of sp³-hybridized carbons (Fsp3) is 0.538. The van der Waals surface area contributed by atoms with Crippen molar-refractivity contribution in [1.82, 2.24) is 0 Å². The van der Waals surface area contributed by atoms with E-state index in [-0.39, 0.29) is 10.8 Å². The first-order chi connectivity index (χ1) is 16.5. The molecule has 0 radical (unpaired) electrons. The average Bonchev–Trinajstić information content (AvgIpc) is 2.80. The monoisotopic (exact) mass is 487 g/mol. The van der Waals surface area contributed by atoms with Crippen molar-refractivity contribution in [3.8, 4) is 0 Å². The van der Waals surface area contributed by atoms with Gasteiger partial charge in [-0.25, -0.2) is 9.59 Å². The quantitative estimate of drug-likeness (QED) is 0.148. The van der Waals surface area contributed by atoms with Gasteiger partial charge in [0.2, 0.25) is 0 Å². The molecule has 9 heteroatoms. The Hall–Kier alpha value is -3.20. The molecule has 2 aliphatic rings. The van der Waals surface area contributed by atoms with Gasteiger partial charge in [0.1, 0.15) is 6.61 Å². The largest absolute Gasteiger partial charge is 0.478 e. The van der Waals surface area contributed by atoms with Crippen molar-refractivity contribution >= 4 is 23.9 Å². The molecule has 1 aromatic rings. The first-order valence-corrected chi connectivity index (χ1v) is 11.8. The average molecular weight is 488 g/mol. The summed E-state index contributed by atoms with van der Waals surface area (Å²) in [7, 11) is 0. The number of carbonyl (C=O) groups is 2. The van der Waals surface area contributed by atoms with Crippen LogP contribution >= 0.6 is 0 Å². The van der Waals surface area contributed by atoms with Crippen LogP contribution in [0.25, 0.3) is 0 Å². The van der Waals surface area contributed by atoms with Crippen LogP contribution in [0.15, 0.2) is 40.7 Å². The van der Waals surface area contributed by atoms with Crippen molar-refractivity contribution < 1.29 is 29.8 Å². The molecule has 1 unspecified atom stereocenters. The molecule has 192 valence electrons. The van der Waals surface area contributed by atoms with Crippen LogP contribution in [0.2, 0.25) is 0 Å². The normalized spacial score (nSPS) is 26.8. The predicted octanol–water partition coefficient (Wildman–Crippen LogP) is 4.13. The third kappa shape index (κ3) is 6.69. The molecule has 1 saturated carbocycles. The summed E-state index contributed by atoms with van der Waals surface area (Å²) in [5, 5.41) is 33.3. The highest BCUT2D eigenvalue weighted by atomic mass is 16.6. The maximum Gasteiger partial charge on any atom is 0.328 e. The van der Waals surface area contributed by atoms with E-state index in [1.54, 1.807) is 0 Å². The number of carboxylic acid groups (broad SMARTS) is 2. The first kappa shape index (κ1) is 28.0. The number of rotatable bonds is 7. The SMILES string of the molecule is CC(C)c1ccc2c(c1)C(=NO)CC1[C@@](C)(C=NOCCN)CCC[C@]21C.O=C(O)/C=C/C(=O)O. The molecule has 2 aliphatic carbocycles. The third-order valence-electron chi connectivity index (χ3n) is 7.13. The summed E-state index contributed by atoms with van der Waals surface area (Å²) in [5.74, 6) is -1.75. The van der Waals surface area contributed by atoms with Crippen molar-refractivity contribution in [3.63, 3.8) is 0 Å². The summed E-state index contributed by atoms with van der Waals surface area (Å²) in [6.07, 6.45) is 7.17. The lowest BCUT2D eigenvalue weighted by Crippen LogP contribution is -2.51. The number of oxime groups is 2. The minimum Gasteiger partial charge on any atom is -0.478 e. The van der Waals surface area contributed by atoms with Crippen LogP contribution in [-0.4, -0.2) is 52.4 Å². The Kier molecular flexibility index (Phi) is 9.59. The summed E-state index contributed by atoms with van der Waals surface area (Å²) < 4.78 is 0. The highest BCUT2D eigenvalue weighted by Crippen LogP contribution is 2.56. The number of nitrogens with zero attached hydrogens (tertiary/aromatic N) is 2. The van der Waals surface area contributed by atoms with Crippen molar-refractivity contribution in [3.05, 3.63) is 47.0 Å². The first-order valence-electron chi connectivity index (χ1n) is 11.8. The molecule has 0 saturated heterocycles. The standard InChI is InChI=1S/C22H33N3O2.C4H4O4/c1-15(2)16-6-7-18-17(12-16)19(25-26)13-20-21(3,14-24-27-11-10-23)8-5-9-22(18,20)4;5-3(6)1-2-4(7)8/h6-7,12,14-15,20,26H,5,8-11,13,23H2,1-4H3;1-2H,(H,5,6)(H,7,8)/b;2-1+/t20?,21-,22-;/m1./s1. The van der Waals surface area contributed by atoms with E-state index in [0.717, 1.165) is 37.0 Å². The van der Waals surface area contributed by atoms with Crippen LogP contribution in [0, 0.1) is 11.3 Å². The lowest BCUT2D eigenvalue weighted by molar-refractivity contribution is -0.134. The third-order valence-corrected chi connectivity index (χ3v) is 7.13. The van der Waals surface area contributed by atoms with Gasteiger partial charge in [0.15, 0.2) is 0 Å². The van der Waals surface area contributed by atoms with E-state index >= 15 is 0 Å². The van der Waals surface area contributed by atoms with Gasteiger partial charge in [-0.3, -0.25) is 0 Å². The number of fused-ring (bicyclic) bond motifs is 3. The zero-order valence-corrected chi connectivity index (χ0v) is 20.9. The number of hydrogen-bond donors (Lipinski definition) is 4. The smallest absolute Gasteiger partial charge is 0.328 e. The lowest BCUT2D eigenvalue weighted by atomic mass is 9.50. The minimum atomic E-state index is -1.26. The van der Waals surface area contributed by atoms with Crippen LogP contribution < -0.4 is 5.73 Å². The minimum absolute atomic E-state index is 0.0337. The highest BCUT2D eigenvalue weighted by molar-refractivity contribution is 6.03. The summed E-state index contributed by atoms with van der Waals surface area (Å²) in [4.78, 5) is 24.4. The van der Waals surface area contributed by atoms with Crippen LogP contribution in [-0.2, 0) is 19.8 Å². The van der Waals surface area contributed by atoms with Gasteiger partial charge in [-0.1, -0.05) is 56.6 Å². The van der Waals surface area contributed by atoms with E-state index in [0.29, 0.717) is 37.1 Å².